The van der Waals surface area contributed by atoms with E-state index in [0.717, 1.165) is 47.2 Å². The average molecular weight is 292 g/mol. The summed E-state index contributed by atoms with van der Waals surface area (Å²) in [7, 11) is 0. The van der Waals surface area contributed by atoms with Gasteiger partial charge in [-0.3, -0.25) is 9.78 Å². The molecule has 3 aromatic rings. The van der Waals surface area contributed by atoms with Gasteiger partial charge in [0.25, 0.3) is 5.91 Å². The molecule has 0 radical (unpaired) electrons. The van der Waals surface area contributed by atoms with E-state index in [1.165, 1.54) is 0 Å². The summed E-state index contributed by atoms with van der Waals surface area (Å²) in [5.74, 6) is -0.103. The van der Waals surface area contributed by atoms with Gasteiger partial charge in [-0.1, -0.05) is 12.1 Å². The van der Waals surface area contributed by atoms with E-state index < -0.39 is 0 Å². The average Bonchev–Trinajstić information content (AvgIpc) is 3.04. The van der Waals surface area contributed by atoms with Gasteiger partial charge in [0.15, 0.2) is 0 Å². The van der Waals surface area contributed by atoms with Gasteiger partial charge < -0.3 is 15.6 Å². The molecule has 5 nitrogen and oxygen atoms in total. The van der Waals surface area contributed by atoms with Crippen LogP contribution in [0.25, 0.3) is 10.9 Å². The number of fused-ring (bicyclic) bond motifs is 2. The van der Waals surface area contributed by atoms with Crippen molar-refractivity contribution in [1.29, 1.82) is 0 Å². The number of nitrogens with one attached hydrogen (secondary N) is 3. The Kier molecular flexibility index (Phi) is 3.12. The number of rotatable bonds is 2. The third-order valence-corrected chi connectivity index (χ3v) is 4.09. The highest BCUT2D eigenvalue weighted by molar-refractivity contribution is 6.09. The molecule has 0 spiro atoms. The molecule has 1 amide bonds. The molecule has 0 saturated heterocycles. The molecule has 0 unspecified atom stereocenters. The highest BCUT2D eigenvalue weighted by Gasteiger charge is 2.18. The van der Waals surface area contributed by atoms with Crippen LogP contribution in [0.1, 0.15) is 21.5 Å². The zero-order valence-electron chi connectivity index (χ0n) is 12.0. The molecule has 5 heteroatoms. The second-order valence-corrected chi connectivity index (χ2v) is 5.45. The topological polar surface area (TPSA) is 69.8 Å². The second-order valence-electron chi connectivity index (χ2n) is 5.45. The lowest BCUT2D eigenvalue weighted by Crippen LogP contribution is -2.27. The van der Waals surface area contributed by atoms with Crippen molar-refractivity contribution in [3.05, 3.63) is 59.5 Å². The molecular formula is C17H16N4O. The molecule has 22 heavy (non-hydrogen) atoms. The molecule has 4 rings (SSSR count). The zero-order valence-corrected chi connectivity index (χ0v) is 12.0. The summed E-state index contributed by atoms with van der Waals surface area (Å²) in [5.41, 5.74) is 4.61. The maximum Gasteiger partial charge on any atom is 0.257 e. The standard InChI is InChI=1S/C17H16N4O/c22-17(14-10-19-9-12-8-18-6-5-13(12)14)21-15-3-1-2-11-4-7-20-16(11)15/h1-4,7,9-10,18,20H,5-6,8H2,(H,21,22). The Bertz CT molecular complexity index is 853. The summed E-state index contributed by atoms with van der Waals surface area (Å²) >= 11 is 0. The van der Waals surface area contributed by atoms with Crippen molar-refractivity contribution < 1.29 is 4.79 Å². The van der Waals surface area contributed by atoms with E-state index in [4.69, 9.17) is 0 Å². The SMILES string of the molecule is O=C(Nc1cccc2cc[nH]c12)c1cncc2c1CCNC2. The number of aromatic nitrogens is 2. The summed E-state index contributed by atoms with van der Waals surface area (Å²) < 4.78 is 0. The first-order valence-electron chi connectivity index (χ1n) is 7.37. The second kappa shape index (κ2) is 5.27. The molecule has 0 bridgehead atoms. The van der Waals surface area contributed by atoms with Crippen LogP contribution in [-0.2, 0) is 13.0 Å². The Morgan fingerprint density at radius 1 is 1.23 bits per heavy atom. The number of H-pyrrole nitrogens is 1. The number of hydrogen-bond donors (Lipinski definition) is 3. The molecule has 0 saturated carbocycles. The number of anilines is 1. The smallest absolute Gasteiger partial charge is 0.257 e. The monoisotopic (exact) mass is 292 g/mol. The normalized spacial score (nSPS) is 13.8. The third-order valence-electron chi connectivity index (χ3n) is 4.09. The first-order chi connectivity index (χ1) is 10.8. The van der Waals surface area contributed by atoms with Crippen molar-refractivity contribution in [1.82, 2.24) is 15.3 Å². The number of pyridine rings is 1. The number of carbonyl (C=O) groups excluding carboxylic acids is 1. The highest BCUT2D eigenvalue weighted by Crippen LogP contribution is 2.23. The minimum atomic E-state index is -0.103. The molecule has 3 heterocycles. The number of para-hydroxylation sites is 1. The number of carbonyl (C=O) groups is 1. The first-order valence-corrected chi connectivity index (χ1v) is 7.37. The van der Waals surface area contributed by atoms with Gasteiger partial charge in [0.05, 0.1) is 16.8 Å². The molecule has 0 atom stereocenters. The number of hydrogen-bond acceptors (Lipinski definition) is 3. The number of aromatic amines is 1. The summed E-state index contributed by atoms with van der Waals surface area (Å²) in [6.45, 7) is 1.67. The predicted octanol–water partition coefficient (Wildman–Crippen LogP) is 2.46. The predicted molar refractivity (Wildman–Crippen MR) is 85.9 cm³/mol. The van der Waals surface area contributed by atoms with E-state index in [0.29, 0.717) is 5.56 Å². The highest BCUT2D eigenvalue weighted by atomic mass is 16.1. The molecule has 2 aromatic heterocycles. The van der Waals surface area contributed by atoms with Gasteiger partial charge in [0.1, 0.15) is 0 Å². The molecule has 1 aliphatic heterocycles. The molecule has 0 fully saturated rings. The number of nitrogens with zero attached hydrogens (tertiary/aromatic N) is 1. The summed E-state index contributed by atoms with van der Waals surface area (Å²) in [5, 5.41) is 7.39. The van der Waals surface area contributed by atoms with Crippen LogP contribution in [0.2, 0.25) is 0 Å². The van der Waals surface area contributed by atoms with E-state index in [2.05, 4.69) is 20.6 Å². The van der Waals surface area contributed by atoms with Crippen molar-refractivity contribution in [3.63, 3.8) is 0 Å². The van der Waals surface area contributed by atoms with Gasteiger partial charge in [-0.2, -0.15) is 0 Å². The van der Waals surface area contributed by atoms with E-state index >= 15 is 0 Å². The van der Waals surface area contributed by atoms with E-state index in [-0.39, 0.29) is 5.91 Å². The fraction of sp³-hybridized carbons (Fsp3) is 0.176. The lowest BCUT2D eigenvalue weighted by molar-refractivity contribution is 0.102. The van der Waals surface area contributed by atoms with E-state index in [9.17, 15) is 4.79 Å². The van der Waals surface area contributed by atoms with Crippen LogP contribution < -0.4 is 10.6 Å². The zero-order chi connectivity index (χ0) is 14.9. The number of benzene rings is 1. The van der Waals surface area contributed by atoms with Crippen LogP contribution in [0.15, 0.2) is 42.9 Å². The molecule has 110 valence electrons. The Morgan fingerprint density at radius 3 is 3.14 bits per heavy atom. The molecule has 3 N–H and O–H groups in total. The molecule has 0 aliphatic carbocycles. The maximum atomic E-state index is 12.7. The minimum absolute atomic E-state index is 0.103. The van der Waals surface area contributed by atoms with Crippen LogP contribution in [0, 0.1) is 0 Å². The minimum Gasteiger partial charge on any atom is -0.359 e. The third kappa shape index (κ3) is 2.16. The quantitative estimate of drug-likeness (QED) is 0.679. The van der Waals surface area contributed by atoms with Crippen LogP contribution in [0.4, 0.5) is 5.69 Å². The molecular weight excluding hydrogens is 276 g/mol. The van der Waals surface area contributed by atoms with Gasteiger partial charge in [-0.15, -0.1) is 0 Å². The first kappa shape index (κ1) is 13.0. The maximum absolute atomic E-state index is 12.7. The lowest BCUT2D eigenvalue weighted by Gasteiger charge is -2.19. The van der Waals surface area contributed by atoms with Crippen molar-refractivity contribution in [3.8, 4) is 0 Å². The Hall–Kier alpha value is -2.66. The van der Waals surface area contributed by atoms with Crippen molar-refractivity contribution >= 4 is 22.5 Å². The summed E-state index contributed by atoms with van der Waals surface area (Å²) in [4.78, 5) is 20.0. The van der Waals surface area contributed by atoms with Crippen LogP contribution in [0.3, 0.4) is 0 Å². The van der Waals surface area contributed by atoms with Crippen LogP contribution in [0.5, 0.6) is 0 Å². The Labute approximate surface area is 127 Å². The van der Waals surface area contributed by atoms with Crippen LogP contribution >= 0.6 is 0 Å². The van der Waals surface area contributed by atoms with Gasteiger partial charge >= 0.3 is 0 Å². The van der Waals surface area contributed by atoms with Crippen molar-refractivity contribution in [2.24, 2.45) is 0 Å². The Balaban J connectivity index is 1.70. The summed E-state index contributed by atoms with van der Waals surface area (Å²) in [6, 6.07) is 7.84. The molecule has 1 aromatic carbocycles. The van der Waals surface area contributed by atoms with Crippen LogP contribution in [-0.4, -0.2) is 22.4 Å². The van der Waals surface area contributed by atoms with Gasteiger partial charge in [-0.05, 0) is 36.2 Å². The van der Waals surface area contributed by atoms with Crippen molar-refractivity contribution in [2.45, 2.75) is 13.0 Å². The van der Waals surface area contributed by atoms with E-state index in [1.54, 1.807) is 6.20 Å². The van der Waals surface area contributed by atoms with Crippen molar-refractivity contribution in [2.75, 3.05) is 11.9 Å². The Morgan fingerprint density at radius 2 is 2.18 bits per heavy atom. The fourth-order valence-corrected chi connectivity index (χ4v) is 2.99. The fourth-order valence-electron chi connectivity index (χ4n) is 2.99. The van der Waals surface area contributed by atoms with Gasteiger partial charge in [-0.25, -0.2) is 0 Å². The van der Waals surface area contributed by atoms with Gasteiger partial charge in [0.2, 0.25) is 0 Å². The summed E-state index contributed by atoms with van der Waals surface area (Å²) in [6.07, 6.45) is 6.23. The molecule has 1 aliphatic rings. The number of amides is 1. The van der Waals surface area contributed by atoms with Gasteiger partial charge in [0, 0.05) is 30.5 Å². The largest absolute Gasteiger partial charge is 0.359 e. The van der Waals surface area contributed by atoms with E-state index in [1.807, 2.05) is 36.7 Å². The lowest BCUT2D eigenvalue weighted by atomic mass is 9.98.